The van der Waals surface area contributed by atoms with Crippen LogP contribution < -0.4 is 5.73 Å². The van der Waals surface area contributed by atoms with Crippen LogP contribution in [0.5, 0.6) is 0 Å². The third-order valence-electron chi connectivity index (χ3n) is 3.68. The summed E-state index contributed by atoms with van der Waals surface area (Å²) in [5.41, 5.74) is 6.21. The Hall–Kier alpha value is -1.89. The van der Waals surface area contributed by atoms with Crippen LogP contribution in [0.2, 0.25) is 0 Å². The van der Waals surface area contributed by atoms with Crippen molar-refractivity contribution in [1.82, 2.24) is 9.47 Å². The van der Waals surface area contributed by atoms with Gasteiger partial charge >= 0.3 is 5.82 Å². The molecule has 0 saturated carbocycles. The van der Waals surface area contributed by atoms with Crippen molar-refractivity contribution in [3.8, 4) is 0 Å². The summed E-state index contributed by atoms with van der Waals surface area (Å²) in [6.45, 7) is 2.55. The van der Waals surface area contributed by atoms with E-state index in [1.165, 1.54) is 23.7 Å². The first-order valence-electron chi connectivity index (χ1n) is 6.28. The fourth-order valence-electron chi connectivity index (χ4n) is 2.56. The van der Waals surface area contributed by atoms with Gasteiger partial charge < -0.3 is 20.7 Å². The number of nitrogens with zero attached hydrogens (tertiary/aromatic N) is 3. The lowest BCUT2D eigenvalue weighted by molar-refractivity contribution is -0.391. The van der Waals surface area contributed by atoms with Gasteiger partial charge in [-0.2, -0.15) is 0 Å². The fraction of sp³-hybridized carbons (Fsp3) is 0.583. The number of aromatic nitrogens is 1. The van der Waals surface area contributed by atoms with Crippen LogP contribution in [0.4, 0.5) is 5.82 Å². The third-order valence-corrected chi connectivity index (χ3v) is 3.68. The van der Waals surface area contributed by atoms with Crippen molar-refractivity contribution < 1.29 is 9.72 Å². The average molecular weight is 266 g/mol. The van der Waals surface area contributed by atoms with Crippen LogP contribution in [0.25, 0.3) is 0 Å². The standard InChI is InChI=1S/C12H18N4O3/c1-8-7-9(13)5-6-15(8)12(17)10-3-4-11(14(10)2)16(18)19/h3-4,8-9H,5-7,13H2,1-2H3. The van der Waals surface area contributed by atoms with Crippen LogP contribution in [0, 0.1) is 10.1 Å². The van der Waals surface area contributed by atoms with Gasteiger partial charge in [-0.1, -0.05) is 0 Å². The molecule has 7 nitrogen and oxygen atoms in total. The molecule has 1 saturated heterocycles. The van der Waals surface area contributed by atoms with Crippen molar-refractivity contribution >= 4 is 11.7 Å². The average Bonchev–Trinajstić information content (AvgIpc) is 2.70. The molecule has 1 aliphatic heterocycles. The molecule has 1 aromatic rings. The van der Waals surface area contributed by atoms with Crippen molar-refractivity contribution in [1.29, 1.82) is 0 Å². The summed E-state index contributed by atoms with van der Waals surface area (Å²) in [7, 11) is 1.53. The summed E-state index contributed by atoms with van der Waals surface area (Å²) >= 11 is 0. The molecule has 0 aromatic carbocycles. The molecular weight excluding hydrogens is 248 g/mol. The summed E-state index contributed by atoms with van der Waals surface area (Å²) < 4.78 is 1.32. The first-order valence-corrected chi connectivity index (χ1v) is 6.28. The highest BCUT2D eigenvalue weighted by Gasteiger charge is 2.31. The second-order valence-electron chi connectivity index (χ2n) is 5.02. The first-order chi connectivity index (χ1) is 8.91. The van der Waals surface area contributed by atoms with Gasteiger partial charge in [-0.25, -0.2) is 4.57 Å². The lowest BCUT2D eigenvalue weighted by atomic mass is 9.99. The van der Waals surface area contributed by atoms with E-state index in [0.29, 0.717) is 12.2 Å². The molecule has 104 valence electrons. The molecule has 2 unspecified atom stereocenters. The number of hydrogen-bond donors (Lipinski definition) is 1. The Balaban J connectivity index is 2.22. The summed E-state index contributed by atoms with van der Waals surface area (Å²) in [6.07, 6.45) is 1.53. The Morgan fingerprint density at radius 3 is 2.74 bits per heavy atom. The molecule has 1 aliphatic rings. The van der Waals surface area contributed by atoms with E-state index in [1.807, 2.05) is 6.92 Å². The molecule has 2 heterocycles. The minimum atomic E-state index is -0.494. The highest BCUT2D eigenvalue weighted by molar-refractivity contribution is 5.93. The van der Waals surface area contributed by atoms with E-state index in [1.54, 1.807) is 4.90 Å². The molecule has 7 heteroatoms. The molecule has 0 spiro atoms. The maximum Gasteiger partial charge on any atom is 0.323 e. The smallest absolute Gasteiger partial charge is 0.323 e. The van der Waals surface area contributed by atoms with Crippen molar-refractivity contribution in [2.75, 3.05) is 6.54 Å². The third kappa shape index (κ3) is 2.46. The molecule has 0 aliphatic carbocycles. The largest absolute Gasteiger partial charge is 0.358 e. The number of piperidine rings is 1. The maximum absolute atomic E-state index is 12.4. The minimum Gasteiger partial charge on any atom is -0.358 e. The second kappa shape index (κ2) is 5.00. The number of nitrogens with two attached hydrogens (primary N) is 1. The molecule has 2 rings (SSSR count). The van der Waals surface area contributed by atoms with Crippen LogP contribution >= 0.6 is 0 Å². The van der Waals surface area contributed by atoms with Crippen molar-refractivity contribution in [2.45, 2.75) is 31.8 Å². The van der Waals surface area contributed by atoms with Gasteiger partial charge in [0.2, 0.25) is 0 Å². The monoisotopic (exact) mass is 266 g/mol. The minimum absolute atomic E-state index is 0.0604. The van der Waals surface area contributed by atoms with Crippen molar-refractivity contribution in [2.24, 2.45) is 12.8 Å². The SMILES string of the molecule is CC1CC(N)CCN1C(=O)c1ccc([N+](=O)[O-])n1C. The zero-order valence-electron chi connectivity index (χ0n) is 11.1. The number of rotatable bonds is 2. The van der Waals surface area contributed by atoms with Crippen LogP contribution in [-0.4, -0.2) is 38.9 Å². The Morgan fingerprint density at radius 1 is 1.53 bits per heavy atom. The summed E-state index contributed by atoms with van der Waals surface area (Å²) in [5, 5.41) is 10.8. The lowest BCUT2D eigenvalue weighted by Gasteiger charge is -2.35. The van der Waals surface area contributed by atoms with Gasteiger partial charge in [0.15, 0.2) is 5.69 Å². The highest BCUT2D eigenvalue weighted by Crippen LogP contribution is 2.21. The van der Waals surface area contributed by atoms with E-state index in [2.05, 4.69) is 0 Å². The lowest BCUT2D eigenvalue weighted by Crippen LogP contribution is -2.48. The molecule has 0 bridgehead atoms. The number of nitro groups is 1. The Labute approximate surface area is 111 Å². The van der Waals surface area contributed by atoms with E-state index >= 15 is 0 Å². The quantitative estimate of drug-likeness (QED) is 0.635. The van der Waals surface area contributed by atoms with E-state index < -0.39 is 4.92 Å². The predicted molar refractivity (Wildman–Crippen MR) is 69.8 cm³/mol. The summed E-state index contributed by atoms with van der Waals surface area (Å²) in [6, 6.07) is 3.04. The topological polar surface area (TPSA) is 94.4 Å². The van der Waals surface area contributed by atoms with Crippen molar-refractivity contribution in [3.05, 3.63) is 27.9 Å². The van der Waals surface area contributed by atoms with Gasteiger partial charge in [0.25, 0.3) is 5.91 Å². The normalized spacial score (nSPS) is 23.4. The van der Waals surface area contributed by atoms with Gasteiger partial charge in [-0.15, -0.1) is 0 Å². The fourth-order valence-corrected chi connectivity index (χ4v) is 2.56. The zero-order valence-corrected chi connectivity index (χ0v) is 11.1. The van der Waals surface area contributed by atoms with Gasteiger partial charge in [-0.3, -0.25) is 4.79 Å². The predicted octanol–water partition coefficient (Wildman–Crippen LogP) is 0.885. The van der Waals surface area contributed by atoms with E-state index in [4.69, 9.17) is 5.73 Å². The molecule has 1 fully saturated rings. The molecule has 2 N–H and O–H groups in total. The second-order valence-corrected chi connectivity index (χ2v) is 5.02. The molecule has 1 amide bonds. The number of likely N-dealkylation sites (tertiary alicyclic amines) is 1. The van der Waals surface area contributed by atoms with Crippen LogP contribution in [-0.2, 0) is 7.05 Å². The van der Waals surface area contributed by atoms with Gasteiger partial charge in [0.1, 0.15) is 0 Å². The molecule has 1 aromatic heterocycles. The molecule has 2 atom stereocenters. The van der Waals surface area contributed by atoms with E-state index in [0.717, 1.165) is 12.8 Å². The van der Waals surface area contributed by atoms with Crippen LogP contribution in [0.1, 0.15) is 30.3 Å². The van der Waals surface area contributed by atoms with Crippen LogP contribution in [0.3, 0.4) is 0 Å². The number of amides is 1. The van der Waals surface area contributed by atoms with Crippen LogP contribution in [0.15, 0.2) is 12.1 Å². The summed E-state index contributed by atoms with van der Waals surface area (Å²) in [4.78, 5) is 24.4. The number of hydrogen-bond acceptors (Lipinski definition) is 4. The van der Waals surface area contributed by atoms with Crippen molar-refractivity contribution in [3.63, 3.8) is 0 Å². The van der Waals surface area contributed by atoms with Gasteiger partial charge in [0.05, 0.1) is 7.05 Å². The Bertz CT molecular complexity index is 511. The van der Waals surface area contributed by atoms with Gasteiger partial charge in [0, 0.05) is 24.7 Å². The summed E-state index contributed by atoms with van der Waals surface area (Å²) in [5.74, 6) is -0.250. The number of carbonyl (C=O) groups excluding carboxylic acids is 1. The maximum atomic E-state index is 12.4. The van der Waals surface area contributed by atoms with E-state index in [9.17, 15) is 14.9 Å². The van der Waals surface area contributed by atoms with Gasteiger partial charge in [-0.05, 0) is 30.8 Å². The number of carbonyl (C=O) groups is 1. The molecule has 19 heavy (non-hydrogen) atoms. The Kier molecular flexibility index (Phi) is 3.57. The Morgan fingerprint density at radius 2 is 2.21 bits per heavy atom. The molecule has 0 radical (unpaired) electrons. The first kappa shape index (κ1) is 13.5. The van der Waals surface area contributed by atoms with E-state index in [-0.39, 0.29) is 23.8 Å². The molecular formula is C12H18N4O3. The zero-order chi connectivity index (χ0) is 14.2. The highest BCUT2D eigenvalue weighted by atomic mass is 16.6.